The molecule has 1 unspecified atom stereocenters. The molecule has 1 rings (SSSR count). The van der Waals surface area contributed by atoms with Gasteiger partial charge in [0.05, 0.1) is 6.07 Å². The SMILES string of the molecule is CNC(C)(C#N)CCCN1CCN(CCN(C)C)CC1. The van der Waals surface area contributed by atoms with Crippen molar-refractivity contribution >= 4 is 0 Å². The summed E-state index contributed by atoms with van der Waals surface area (Å²) in [7, 11) is 6.13. The predicted octanol–water partition coefficient (Wildman–Crippen LogP) is 0.447. The van der Waals surface area contributed by atoms with Gasteiger partial charge in [-0.25, -0.2) is 0 Å². The van der Waals surface area contributed by atoms with Crippen LogP contribution in [0.25, 0.3) is 0 Å². The molecule has 0 aliphatic carbocycles. The van der Waals surface area contributed by atoms with Crippen LogP contribution < -0.4 is 5.32 Å². The van der Waals surface area contributed by atoms with E-state index in [1.54, 1.807) is 0 Å². The van der Waals surface area contributed by atoms with E-state index in [4.69, 9.17) is 5.26 Å². The van der Waals surface area contributed by atoms with Crippen molar-refractivity contribution in [2.45, 2.75) is 25.3 Å². The summed E-state index contributed by atoms with van der Waals surface area (Å²) in [5.41, 5.74) is -0.368. The average molecular weight is 281 g/mol. The first-order valence-corrected chi connectivity index (χ1v) is 7.69. The van der Waals surface area contributed by atoms with Crippen LogP contribution in [0.5, 0.6) is 0 Å². The second kappa shape index (κ2) is 8.58. The van der Waals surface area contributed by atoms with Crippen LogP contribution in [-0.2, 0) is 0 Å². The summed E-state index contributed by atoms with van der Waals surface area (Å²) in [5, 5.41) is 12.2. The van der Waals surface area contributed by atoms with E-state index in [1.807, 2.05) is 14.0 Å². The third-order valence-electron chi connectivity index (χ3n) is 4.28. The van der Waals surface area contributed by atoms with Crippen molar-refractivity contribution < 1.29 is 0 Å². The Balaban J connectivity index is 2.15. The summed E-state index contributed by atoms with van der Waals surface area (Å²) < 4.78 is 0. The smallest absolute Gasteiger partial charge is 0.103 e. The van der Waals surface area contributed by atoms with Gasteiger partial charge in [-0.2, -0.15) is 5.26 Å². The fraction of sp³-hybridized carbons (Fsp3) is 0.933. The molecule has 0 saturated carbocycles. The molecule has 1 heterocycles. The maximum atomic E-state index is 9.12. The highest BCUT2D eigenvalue weighted by molar-refractivity contribution is 5.02. The number of likely N-dealkylation sites (N-methyl/N-ethyl adjacent to an activating group) is 1. The van der Waals surface area contributed by atoms with Crippen molar-refractivity contribution in [2.24, 2.45) is 0 Å². The zero-order valence-corrected chi connectivity index (χ0v) is 13.7. The van der Waals surface area contributed by atoms with E-state index < -0.39 is 0 Å². The minimum Gasteiger partial charge on any atom is -0.308 e. The largest absolute Gasteiger partial charge is 0.308 e. The Labute approximate surface area is 124 Å². The predicted molar refractivity (Wildman–Crippen MR) is 83.7 cm³/mol. The summed E-state index contributed by atoms with van der Waals surface area (Å²) in [6.45, 7) is 10.1. The molecular formula is C15H31N5. The van der Waals surface area contributed by atoms with E-state index in [0.717, 1.165) is 39.0 Å². The van der Waals surface area contributed by atoms with E-state index in [2.05, 4.69) is 40.2 Å². The van der Waals surface area contributed by atoms with Crippen molar-refractivity contribution in [3.05, 3.63) is 0 Å². The van der Waals surface area contributed by atoms with E-state index in [9.17, 15) is 0 Å². The third kappa shape index (κ3) is 6.19. The number of nitrogens with zero attached hydrogens (tertiary/aromatic N) is 4. The van der Waals surface area contributed by atoms with Crippen LogP contribution in [0, 0.1) is 11.3 Å². The molecule has 0 aromatic rings. The summed E-state index contributed by atoms with van der Waals surface area (Å²) in [6.07, 6.45) is 2.00. The molecular weight excluding hydrogens is 250 g/mol. The lowest BCUT2D eigenvalue weighted by molar-refractivity contribution is 0.122. The van der Waals surface area contributed by atoms with Crippen LogP contribution in [0.1, 0.15) is 19.8 Å². The molecule has 1 N–H and O–H groups in total. The lowest BCUT2D eigenvalue weighted by Gasteiger charge is -2.35. The van der Waals surface area contributed by atoms with Gasteiger partial charge in [-0.15, -0.1) is 0 Å². The third-order valence-corrected chi connectivity index (χ3v) is 4.28. The molecule has 1 aliphatic rings. The van der Waals surface area contributed by atoms with Gasteiger partial charge in [0, 0.05) is 39.3 Å². The van der Waals surface area contributed by atoms with Gasteiger partial charge in [-0.1, -0.05) is 0 Å². The van der Waals surface area contributed by atoms with Crippen LogP contribution in [0.3, 0.4) is 0 Å². The molecule has 5 nitrogen and oxygen atoms in total. The summed E-state index contributed by atoms with van der Waals surface area (Å²) >= 11 is 0. The van der Waals surface area contributed by atoms with Crippen molar-refractivity contribution in [1.82, 2.24) is 20.0 Å². The number of nitrogens with one attached hydrogen (secondary N) is 1. The second-order valence-corrected chi connectivity index (χ2v) is 6.28. The van der Waals surface area contributed by atoms with Gasteiger partial charge < -0.3 is 15.1 Å². The van der Waals surface area contributed by atoms with E-state index >= 15 is 0 Å². The van der Waals surface area contributed by atoms with Crippen LogP contribution in [0.4, 0.5) is 0 Å². The Hall–Kier alpha value is -0.670. The fourth-order valence-electron chi connectivity index (χ4n) is 2.47. The molecule has 0 spiro atoms. The maximum Gasteiger partial charge on any atom is 0.103 e. The number of hydrogen-bond acceptors (Lipinski definition) is 5. The first kappa shape index (κ1) is 17.4. The standard InChI is InChI=1S/C15H31N5/c1-15(14-16,17-2)6-5-7-19-10-12-20(13-11-19)9-8-18(3)4/h17H,5-13H2,1-4H3. The monoisotopic (exact) mass is 281 g/mol. The lowest BCUT2D eigenvalue weighted by Crippen LogP contribution is -2.48. The van der Waals surface area contributed by atoms with Gasteiger partial charge in [0.2, 0.25) is 0 Å². The van der Waals surface area contributed by atoms with Gasteiger partial charge in [-0.3, -0.25) is 4.90 Å². The van der Waals surface area contributed by atoms with Crippen LogP contribution in [0.15, 0.2) is 0 Å². The molecule has 0 amide bonds. The number of nitriles is 1. The molecule has 0 radical (unpaired) electrons. The Kier molecular flexibility index (Phi) is 7.46. The minimum atomic E-state index is -0.368. The summed E-state index contributed by atoms with van der Waals surface area (Å²) in [4.78, 5) is 7.32. The molecule has 116 valence electrons. The summed E-state index contributed by atoms with van der Waals surface area (Å²) in [5.74, 6) is 0. The molecule has 0 aromatic carbocycles. The zero-order chi connectivity index (χ0) is 15.0. The number of hydrogen-bond donors (Lipinski definition) is 1. The molecule has 1 fully saturated rings. The normalized spacial score (nSPS) is 20.8. The Bertz CT molecular complexity index is 304. The molecule has 0 aromatic heterocycles. The Morgan fingerprint density at radius 1 is 1.15 bits per heavy atom. The molecule has 1 aliphatic heterocycles. The van der Waals surface area contributed by atoms with E-state index in [-0.39, 0.29) is 5.54 Å². The highest BCUT2D eigenvalue weighted by Gasteiger charge is 2.22. The van der Waals surface area contributed by atoms with Crippen molar-refractivity contribution in [3.8, 4) is 6.07 Å². The molecule has 1 saturated heterocycles. The first-order chi connectivity index (χ1) is 9.49. The fourth-order valence-corrected chi connectivity index (χ4v) is 2.47. The molecule has 20 heavy (non-hydrogen) atoms. The minimum absolute atomic E-state index is 0.368. The van der Waals surface area contributed by atoms with Gasteiger partial charge in [0.25, 0.3) is 0 Å². The quantitative estimate of drug-likeness (QED) is 0.700. The van der Waals surface area contributed by atoms with Crippen molar-refractivity contribution in [1.29, 1.82) is 5.26 Å². The van der Waals surface area contributed by atoms with Gasteiger partial charge >= 0.3 is 0 Å². The van der Waals surface area contributed by atoms with Crippen LogP contribution in [-0.4, -0.2) is 87.2 Å². The average Bonchev–Trinajstić information content (AvgIpc) is 2.46. The topological polar surface area (TPSA) is 45.5 Å². The summed E-state index contributed by atoms with van der Waals surface area (Å²) in [6, 6.07) is 2.36. The van der Waals surface area contributed by atoms with Gasteiger partial charge in [-0.05, 0) is 47.5 Å². The van der Waals surface area contributed by atoms with E-state index in [1.165, 1.54) is 19.6 Å². The van der Waals surface area contributed by atoms with Crippen LogP contribution >= 0.6 is 0 Å². The molecule has 5 heteroatoms. The van der Waals surface area contributed by atoms with Gasteiger partial charge in [0.15, 0.2) is 0 Å². The second-order valence-electron chi connectivity index (χ2n) is 6.28. The Morgan fingerprint density at radius 3 is 2.15 bits per heavy atom. The van der Waals surface area contributed by atoms with Crippen molar-refractivity contribution in [3.63, 3.8) is 0 Å². The number of piperazine rings is 1. The first-order valence-electron chi connectivity index (χ1n) is 7.69. The lowest BCUT2D eigenvalue weighted by atomic mass is 9.98. The van der Waals surface area contributed by atoms with Crippen molar-refractivity contribution in [2.75, 3.05) is 67.0 Å². The van der Waals surface area contributed by atoms with Crippen LogP contribution in [0.2, 0.25) is 0 Å². The van der Waals surface area contributed by atoms with Gasteiger partial charge in [0.1, 0.15) is 5.54 Å². The molecule has 0 bridgehead atoms. The highest BCUT2D eigenvalue weighted by atomic mass is 15.3. The molecule has 1 atom stereocenters. The van der Waals surface area contributed by atoms with E-state index in [0.29, 0.717) is 0 Å². The zero-order valence-electron chi connectivity index (χ0n) is 13.7. The maximum absolute atomic E-state index is 9.12. The Morgan fingerprint density at radius 2 is 1.70 bits per heavy atom. The number of rotatable bonds is 8. The highest BCUT2D eigenvalue weighted by Crippen LogP contribution is 2.12.